The van der Waals surface area contributed by atoms with E-state index >= 15 is 0 Å². The lowest BCUT2D eigenvalue weighted by molar-refractivity contribution is -0.146. The van der Waals surface area contributed by atoms with Crippen LogP contribution in [-0.2, 0) is 16.1 Å². The molecule has 1 saturated heterocycles. The third kappa shape index (κ3) is 3.57. The number of piperazine rings is 1. The molecule has 1 aromatic rings. The highest BCUT2D eigenvalue weighted by Gasteiger charge is 2.44. The van der Waals surface area contributed by atoms with Gasteiger partial charge >= 0.3 is 5.97 Å². The molecular formula is C17H23N3O5. The van der Waals surface area contributed by atoms with E-state index in [0.29, 0.717) is 19.6 Å². The standard InChI is InChI=1S/C17H23N3O5/c1-4-7-18-9-10-20(17(2,3)16(18)25)15(24)12-6-5-8-19(14(12)23)11-13(21)22/h5-6,8H,4,7,9-11H2,1-3H3,(H,21,22). The number of hydrogen-bond donors (Lipinski definition) is 1. The summed E-state index contributed by atoms with van der Waals surface area (Å²) in [5.74, 6) is -1.88. The normalized spacial score (nSPS) is 16.8. The summed E-state index contributed by atoms with van der Waals surface area (Å²) in [5, 5.41) is 8.86. The van der Waals surface area contributed by atoms with Crippen molar-refractivity contribution >= 4 is 17.8 Å². The molecule has 136 valence electrons. The van der Waals surface area contributed by atoms with Crippen LogP contribution in [0.2, 0.25) is 0 Å². The fourth-order valence-corrected chi connectivity index (χ4v) is 3.06. The molecule has 2 amide bonds. The zero-order valence-electron chi connectivity index (χ0n) is 14.7. The minimum atomic E-state index is -1.17. The molecule has 25 heavy (non-hydrogen) atoms. The molecular weight excluding hydrogens is 326 g/mol. The minimum Gasteiger partial charge on any atom is -0.480 e. The summed E-state index contributed by atoms with van der Waals surface area (Å²) in [6, 6.07) is 2.82. The van der Waals surface area contributed by atoms with Crippen LogP contribution in [0.25, 0.3) is 0 Å². The van der Waals surface area contributed by atoms with Gasteiger partial charge in [-0.2, -0.15) is 0 Å². The Labute approximate surface area is 145 Å². The van der Waals surface area contributed by atoms with E-state index in [1.54, 1.807) is 18.7 Å². The van der Waals surface area contributed by atoms with E-state index in [9.17, 15) is 19.2 Å². The van der Waals surface area contributed by atoms with Crippen molar-refractivity contribution in [2.24, 2.45) is 0 Å². The maximum absolute atomic E-state index is 12.9. The van der Waals surface area contributed by atoms with Gasteiger partial charge in [0, 0.05) is 25.8 Å². The molecule has 8 nitrogen and oxygen atoms in total. The van der Waals surface area contributed by atoms with E-state index < -0.39 is 29.5 Å². The van der Waals surface area contributed by atoms with Gasteiger partial charge in [-0.1, -0.05) is 6.92 Å². The van der Waals surface area contributed by atoms with Crippen LogP contribution in [0.1, 0.15) is 37.6 Å². The van der Waals surface area contributed by atoms with Crippen LogP contribution in [0, 0.1) is 0 Å². The summed E-state index contributed by atoms with van der Waals surface area (Å²) in [5.41, 5.74) is -1.87. The van der Waals surface area contributed by atoms with Crippen molar-refractivity contribution in [1.82, 2.24) is 14.4 Å². The zero-order valence-corrected chi connectivity index (χ0v) is 14.7. The van der Waals surface area contributed by atoms with Crippen molar-refractivity contribution in [2.45, 2.75) is 39.3 Å². The van der Waals surface area contributed by atoms with Crippen LogP contribution in [0.4, 0.5) is 0 Å². The second-order valence-corrected chi connectivity index (χ2v) is 6.56. The van der Waals surface area contributed by atoms with Crippen molar-refractivity contribution in [3.8, 4) is 0 Å². The van der Waals surface area contributed by atoms with Gasteiger partial charge in [0.1, 0.15) is 17.6 Å². The second kappa shape index (κ2) is 7.08. The number of carboxylic acids is 1. The van der Waals surface area contributed by atoms with E-state index in [-0.39, 0.29) is 11.5 Å². The molecule has 2 rings (SSSR count). The molecule has 0 saturated carbocycles. The van der Waals surface area contributed by atoms with Gasteiger partial charge in [-0.05, 0) is 32.4 Å². The largest absolute Gasteiger partial charge is 0.480 e. The SMILES string of the molecule is CCCN1CCN(C(=O)c2cccn(CC(=O)O)c2=O)C(C)(C)C1=O. The molecule has 1 fully saturated rings. The number of carbonyl (C=O) groups excluding carboxylic acids is 2. The van der Waals surface area contributed by atoms with Crippen LogP contribution >= 0.6 is 0 Å². The highest BCUT2D eigenvalue weighted by atomic mass is 16.4. The Morgan fingerprint density at radius 3 is 2.52 bits per heavy atom. The zero-order chi connectivity index (χ0) is 18.8. The minimum absolute atomic E-state index is 0.131. The molecule has 0 radical (unpaired) electrons. The maximum Gasteiger partial charge on any atom is 0.323 e. The number of amides is 2. The van der Waals surface area contributed by atoms with Crippen molar-refractivity contribution in [3.05, 3.63) is 34.2 Å². The summed E-state index contributed by atoms with van der Waals surface area (Å²) in [6.07, 6.45) is 2.15. The molecule has 0 unspecified atom stereocenters. The molecule has 1 N–H and O–H groups in total. The quantitative estimate of drug-likeness (QED) is 0.830. The number of rotatable bonds is 5. The monoisotopic (exact) mass is 349 g/mol. The van der Waals surface area contributed by atoms with Crippen LogP contribution in [-0.4, -0.2) is 62.4 Å². The first-order chi connectivity index (χ1) is 11.7. The molecule has 1 aliphatic heterocycles. The second-order valence-electron chi connectivity index (χ2n) is 6.56. The van der Waals surface area contributed by atoms with Crippen LogP contribution in [0.5, 0.6) is 0 Å². The van der Waals surface area contributed by atoms with Crippen LogP contribution < -0.4 is 5.56 Å². The number of carboxylic acid groups (broad SMARTS) is 1. The number of hydrogen-bond acceptors (Lipinski definition) is 4. The van der Waals surface area contributed by atoms with Gasteiger partial charge in [0.05, 0.1) is 0 Å². The van der Waals surface area contributed by atoms with Gasteiger partial charge in [0.15, 0.2) is 0 Å². The molecule has 2 heterocycles. The van der Waals surface area contributed by atoms with Crippen molar-refractivity contribution in [3.63, 3.8) is 0 Å². The molecule has 0 bridgehead atoms. The number of aliphatic carboxylic acids is 1. The smallest absolute Gasteiger partial charge is 0.323 e. The van der Waals surface area contributed by atoms with Gasteiger partial charge in [-0.15, -0.1) is 0 Å². The first-order valence-electron chi connectivity index (χ1n) is 8.22. The van der Waals surface area contributed by atoms with E-state index in [0.717, 1.165) is 11.0 Å². The lowest BCUT2D eigenvalue weighted by Crippen LogP contribution is -2.65. The molecule has 0 atom stereocenters. The topological polar surface area (TPSA) is 99.9 Å². The summed E-state index contributed by atoms with van der Waals surface area (Å²) in [4.78, 5) is 51.9. The van der Waals surface area contributed by atoms with Crippen molar-refractivity contribution in [1.29, 1.82) is 0 Å². The molecule has 0 aliphatic carbocycles. The van der Waals surface area contributed by atoms with Gasteiger partial charge in [-0.25, -0.2) is 0 Å². The third-order valence-electron chi connectivity index (χ3n) is 4.37. The Bertz CT molecular complexity index is 753. The fraction of sp³-hybridized carbons (Fsp3) is 0.529. The van der Waals surface area contributed by atoms with E-state index in [2.05, 4.69) is 0 Å². The summed E-state index contributed by atoms with van der Waals surface area (Å²) in [7, 11) is 0. The van der Waals surface area contributed by atoms with Gasteiger partial charge in [0.2, 0.25) is 5.91 Å². The van der Waals surface area contributed by atoms with Gasteiger partial charge in [0.25, 0.3) is 11.5 Å². The van der Waals surface area contributed by atoms with E-state index in [1.807, 2.05) is 6.92 Å². The van der Waals surface area contributed by atoms with E-state index in [1.165, 1.54) is 23.2 Å². The van der Waals surface area contributed by atoms with E-state index in [4.69, 9.17) is 5.11 Å². The first kappa shape index (κ1) is 18.7. The lowest BCUT2D eigenvalue weighted by atomic mass is 9.96. The summed E-state index contributed by atoms with van der Waals surface area (Å²) in [6.45, 7) is 6.14. The Hall–Kier alpha value is -2.64. The Morgan fingerprint density at radius 2 is 1.92 bits per heavy atom. The predicted molar refractivity (Wildman–Crippen MR) is 90.3 cm³/mol. The van der Waals surface area contributed by atoms with Gasteiger partial charge in [-0.3, -0.25) is 19.2 Å². The average Bonchev–Trinajstić information content (AvgIpc) is 2.53. The van der Waals surface area contributed by atoms with Crippen LogP contribution in [0.3, 0.4) is 0 Å². The van der Waals surface area contributed by atoms with Gasteiger partial charge < -0.3 is 19.5 Å². The Kier molecular flexibility index (Phi) is 5.30. The third-order valence-corrected chi connectivity index (χ3v) is 4.37. The number of carbonyl (C=O) groups is 3. The first-order valence-corrected chi connectivity index (χ1v) is 8.22. The lowest BCUT2D eigenvalue weighted by Gasteiger charge is -2.45. The molecule has 1 aliphatic rings. The van der Waals surface area contributed by atoms with Crippen LogP contribution in [0.15, 0.2) is 23.1 Å². The molecule has 0 aromatic carbocycles. The number of pyridine rings is 1. The Balaban J connectivity index is 2.34. The highest BCUT2D eigenvalue weighted by molar-refractivity contribution is 5.99. The predicted octanol–water partition coefficient (Wildman–Crippen LogP) is 0.406. The molecule has 0 spiro atoms. The number of aromatic nitrogens is 1. The number of nitrogens with zero attached hydrogens (tertiary/aromatic N) is 3. The van der Waals surface area contributed by atoms with Crippen molar-refractivity contribution < 1.29 is 19.5 Å². The molecule has 8 heteroatoms. The van der Waals surface area contributed by atoms with Crippen molar-refractivity contribution in [2.75, 3.05) is 19.6 Å². The fourth-order valence-electron chi connectivity index (χ4n) is 3.06. The molecule has 1 aromatic heterocycles. The highest BCUT2D eigenvalue weighted by Crippen LogP contribution is 2.24. The Morgan fingerprint density at radius 1 is 1.24 bits per heavy atom. The summed E-state index contributed by atoms with van der Waals surface area (Å²) >= 11 is 0. The maximum atomic E-state index is 12.9. The average molecular weight is 349 g/mol. The summed E-state index contributed by atoms with van der Waals surface area (Å²) < 4.78 is 0.970.